The molecule has 1 amide bonds. The number of aromatic nitrogens is 2. The van der Waals surface area contributed by atoms with Crippen LogP contribution < -0.4 is 4.90 Å². The lowest BCUT2D eigenvalue weighted by atomic mass is 10.0. The monoisotopic (exact) mass is 453 g/mol. The summed E-state index contributed by atoms with van der Waals surface area (Å²) in [6, 6.07) is 22.9. The van der Waals surface area contributed by atoms with Crippen LogP contribution in [0, 0.1) is 17.0 Å². The molecule has 1 fully saturated rings. The third-order valence-electron chi connectivity index (χ3n) is 6.34. The third kappa shape index (κ3) is 3.94. The lowest BCUT2D eigenvalue weighted by Crippen LogP contribution is -2.49. The standard InChI is InChI=1S/C26H23N5O3/c1-18-20(9-5-11-24(18)31(33)34)26(32)30-16-14-29(15-17-30)25-13-12-23(27-28-25)22-10-4-7-19-6-2-3-8-21(19)22/h2-13H,14-17H2,1H3. The minimum atomic E-state index is -0.454. The van der Waals surface area contributed by atoms with Crippen molar-refractivity contribution >= 4 is 28.2 Å². The molecule has 170 valence electrons. The third-order valence-corrected chi connectivity index (χ3v) is 6.34. The minimum absolute atomic E-state index is 0.0361. The van der Waals surface area contributed by atoms with E-state index in [1.54, 1.807) is 24.0 Å². The Morgan fingerprint density at radius 2 is 1.62 bits per heavy atom. The molecule has 1 aliphatic heterocycles. The van der Waals surface area contributed by atoms with E-state index < -0.39 is 4.92 Å². The van der Waals surface area contributed by atoms with E-state index in [-0.39, 0.29) is 11.6 Å². The van der Waals surface area contributed by atoms with Crippen molar-refractivity contribution in [3.05, 3.63) is 94.0 Å². The number of rotatable bonds is 4. The molecule has 8 nitrogen and oxygen atoms in total. The van der Waals surface area contributed by atoms with Gasteiger partial charge in [-0.25, -0.2) is 0 Å². The minimum Gasteiger partial charge on any atom is -0.352 e. The molecule has 1 aromatic heterocycles. The second-order valence-corrected chi connectivity index (χ2v) is 8.29. The van der Waals surface area contributed by atoms with Crippen molar-refractivity contribution in [1.82, 2.24) is 15.1 Å². The number of anilines is 1. The molecule has 0 aliphatic carbocycles. The van der Waals surface area contributed by atoms with Gasteiger partial charge in [-0.05, 0) is 35.9 Å². The van der Waals surface area contributed by atoms with E-state index in [1.807, 2.05) is 36.4 Å². The Morgan fingerprint density at radius 3 is 2.35 bits per heavy atom. The average Bonchev–Trinajstić information content (AvgIpc) is 2.88. The molecule has 2 heterocycles. The molecule has 3 aromatic carbocycles. The summed E-state index contributed by atoms with van der Waals surface area (Å²) < 4.78 is 0. The first-order valence-electron chi connectivity index (χ1n) is 11.1. The van der Waals surface area contributed by atoms with E-state index in [1.165, 1.54) is 6.07 Å². The number of carbonyl (C=O) groups excluding carboxylic acids is 1. The largest absolute Gasteiger partial charge is 0.352 e. The van der Waals surface area contributed by atoms with Crippen LogP contribution in [0.1, 0.15) is 15.9 Å². The number of amides is 1. The van der Waals surface area contributed by atoms with Crippen molar-refractivity contribution in [2.45, 2.75) is 6.92 Å². The number of piperazine rings is 1. The first kappa shape index (κ1) is 21.5. The summed E-state index contributed by atoms with van der Waals surface area (Å²) in [6.45, 7) is 3.86. The fourth-order valence-electron chi connectivity index (χ4n) is 4.45. The topological polar surface area (TPSA) is 92.5 Å². The normalized spacial score (nSPS) is 13.8. The zero-order valence-corrected chi connectivity index (χ0v) is 18.7. The van der Waals surface area contributed by atoms with Crippen molar-refractivity contribution in [2.24, 2.45) is 0 Å². The summed E-state index contributed by atoms with van der Waals surface area (Å²) in [7, 11) is 0. The number of nitro benzene ring substituents is 1. The van der Waals surface area contributed by atoms with Gasteiger partial charge in [-0.15, -0.1) is 10.2 Å². The smallest absolute Gasteiger partial charge is 0.273 e. The quantitative estimate of drug-likeness (QED) is 0.334. The van der Waals surface area contributed by atoms with E-state index in [9.17, 15) is 14.9 Å². The number of hydrogen-bond acceptors (Lipinski definition) is 6. The lowest BCUT2D eigenvalue weighted by molar-refractivity contribution is -0.385. The second-order valence-electron chi connectivity index (χ2n) is 8.29. The Balaban J connectivity index is 1.29. The van der Waals surface area contributed by atoms with E-state index in [2.05, 4.69) is 33.3 Å². The highest BCUT2D eigenvalue weighted by molar-refractivity contribution is 5.97. The molecule has 1 aliphatic rings. The van der Waals surface area contributed by atoms with Gasteiger partial charge in [0.1, 0.15) is 0 Å². The van der Waals surface area contributed by atoms with Crippen LogP contribution in [0.15, 0.2) is 72.8 Å². The summed E-state index contributed by atoms with van der Waals surface area (Å²) in [5.74, 6) is 0.584. The van der Waals surface area contributed by atoms with Gasteiger partial charge < -0.3 is 9.80 Å². The van der Waals surface area contributed by atoms with Gasteiger partial charge >= 0.3 is 0 Å². The van der Waals surface area contributed by atoms with Crippen molar-refractivity contribution in [2.75, 3.05) is 31.1 Å². The Kier molecular flexibility index (Phi) is 5.63. The summed E-state index contributed by atoms with van der Waals surface area (Å²) in [5.41, 5.74) is 2.60. The van der Waals surface area contributed by atoms with Crippen LogP contribution >= 0.6 is 0 Å². The second kappa shape index (κ2) is 8.90. The van der Waals surface area contributed by atoms with Crippen LogP contribution in [0.3, 0.4) is 0 Å². The molecule has 1 saturated heterocycles. The van der Waals surface area contributed by atoms with Crippen molar-refractivity contribution in [3.63, 3.8) is 0 Å². The predicted octanol–water partition coefficient (Wildman–Crippen LogP) is 4.48. The highest BCUT2D eigenvalue weighted by Gasteiger charge is 2.26. The molecular weight excluding hydrogens is 430 g/mol. The summed E-state index contributed by atoms with van der Waals surface area (Å²) in [4.78, 5) is 27.6. The highest BCUT2D eigenvalue weighted by Crippen LogP contribution is 2.28. The predicted molar refractivity (Wildman–Crippen MR) is 131 cm³/mol. The molecule has 5 rings (SSSR count). The van der Waals surface area contributed by atoms with E-state index in [0.717, 1.165) is 27.8 Å². The van der Waals surface area contributed by atoms with Crippen LogP contribution in [0.5, 0.6) is 0 Å². The number of hydrogen-bond donors (Lipinski definition) is 0. The molecule has 0 atom stereocenters. The maximum absolute atomic E-state index is 13.0. The van der Waals surface area contributed by atoms with Crippen LogP contribution in [-0.4, -0.2) is 52.1 Å². The number of fused-ring (bicyclic) bond motifs is 1. The molecule has 0 radical (unpaired) electrons. The Hall–Kier alpha value is -4.33. The molecule has 34 heavy (non-hydrogen) atoms. The molecular formula is C26H23N5O3. The molecule has 4 aromatic rings. The van der Waals surface area contributed by atoms with E-state index in [4.69, 9.17) is 0 Å². The van der Waals surface area contributed by atoms with E-state index >= 15 is 0 Å². The first-order valence-corrected chi connectivity index (χ1v) is 11.1. The fourth-order valence-corrected chi connectivity index (χ4v) is 4.45. The maximum Gasteiger partial charge on any atom is 0.273 e. The molecule has 0 unspecified atom stereocenters. The van der Waals surface area contributed by atoms with Gasteiger partial charge in [0.05, 0.1) is 10.6 Å². The Bertz CT molecular complexity index is 1370. The van der Waals surface area contributed by atoms with Crippen molar-refractivity contribution < 1.29 is 9.72 Å². The van der Waals surface area contributed by atoms with Gasteiger partial charge in [0.2, 0.25) is 0 Å². The number of nitrogens with zero attached hydrogens (tertiary/aromatic N) is 5. The summed E-state index contributed by atoms with van der Waals surface area (Å²) in [5, 5.41) is 22.4. The zero-order valence-electron chi connectivity index (χ0n) is 18.7. The molecule has 0 N–H and O–H groups in total. The van der Waals surface area contributed by atoms with Gasteiger partial charge in [-0.3, -0.25) is 14.9 Å². The van der Waals surface area contributed by atoms with Gasteiger partial charge in [-0.2, -0.15) is 0 Å². The maximum atomic E-state index is 13.0. The Labute approximate surface area is 196 Å². The van der Waals surface area contributed by atoms with Crippen molar-refractivity contribution in [1.29, 1.82) is 0 Å². The molecule has 0 spiro atoms. The average molecular weight is 454 g/mol. The molecule has 0 saturated carbocycles. The number of nitro groups is 1. The lowest BCUT2D eigenvalue weighted by Gasteiger charge is -2.35. The number of benzene rings is 3. The first-order chi connectivity index (χ1) is 16.5. The Morgan fingerprint density at radius 1 is 0.882 bits per heavy atom. The van der Waals surface area contributed by atoms with E-state index in [0.29, 0.717) is 37.3 Å². The van der Waals surface area contributed by atoms with Crippen LogP contribution in [0.4, 0.5) is 11.5 Å². The van der Waals surface area contributed by atoms with Crippen molar-refractivity contribution in [3.8, 4) is 11.3 Å². The van der Waals surface area contributed by atoms with Gasteiger partial charge in [-0.1, -0.05) is 48.5 Å². The van der Waals surface area contributed by atoms with Gasteiger partial charge in [0.25, 0.3) is 11.6 Å². The SMILES string of the molecule is Cc1c(C(=O)N2CCN(c3ccc(-c4cccc5ccccc45)nn3)CC2)cccc1[N+](=O)[O-]. The van der Waals surface area contributed by atoms with Gasteiger partial charge in [0, 0.05) is 48.9 Å². The zero-order chi connectivity index (χ0) is 23.7. The molecule has 0 bridgehead atoms. The summed E-state index contributed by atoms with van der Waals surface area (Å²) in [6.07, 6.45) is 0. The van der Waals surface area contributed by atoms with Crippen LogP contribution in [0.2, 0.25) is 0 Å². The molecule has 8 heteroatoms. The van der Waals surface area contributed by atoms with Crippen LogP contribution in [0.25, 0.3) is 22.0 Å². The van der Waals surface area contributed by atoms with Gasteiger partial charge in [0.15, 0.2) is 5.82 Å². The van der Waals surface area contributed by atoms with Crippen LogP contribution in [-0.2, 0) is 0 Å². The highest BCUT2D eigenvalue weighted by atomic mass is 16.6. The fraction of sp³-hybridized carbons (Fsp3) is 0.192. The summed E-state index contributed by atoms with van der Waals surface area (Å²) >= 11 is 0. The number of carbonyl (C=O) groups is 1.